The van der Waals surface area contributed by atoms with Crippen molar-refractivity contribution < 1.29 is 4.74 Å². The molecule has 4 heterocycles. The number of aromatic nitrogens is 5. The first-order valence-electron chi connectivity index (χ1n) is 9.92. The van der Waals surface area contributed by atoms with Crippen LogP contribution in [0, 0.1) is 0 Å². The second-order valence-corrected chi connectivity index (χ2v) is 7.54. The second kappa shape index (κ2) is 8.33. The average molecular weight is 434 g/mol. The Morgan fingerprint density at radius 3 is 2.87 bits per heavy atom. The lowest BCUT2D eigenvalue weighted by Crippen LogP contribution is -2.21. The number of hydrogen-bond acceptors (Lipinski definition) is 7. The van der Waals surface area contributed by atoms with Crippen molar-refractivity contribution in [1.82, 2.24) is 30.0 Å². The Labute approximate surface area is 183 Å². The normalized spacial score (nSPS) is 13.9. The molecule has 9 heteroatoms. The van der Waals surface area contributed by atoms with Crippen molar-refractivity contribution >= 4 is 34.0 Å². The van der Waals surface area contributed by atoms with Gasteiger partial charge < -0.3 is 15.8 Å². The highest BCUT2D eigenvalue weighted by Gasteiger charge is 2.20. The van der Waals surface area contributed by atoms with E-state index in [4.69, 9.17) is 27.2 Å². The van der Waals surface area contributed by atoms with Crippen molar-refractivity contribution in [2.45, 2.75) is 13.0 Å². The summed E-state index contributed by atoms with van der Waals surface area (Å²) in [5, 5.41) is 8.66. The van der Waals surface area contributed by atoms with Gasteiger partial charge in [-0.05, 0) is 48.9 Å². The first-order valence-corrected chi connectivity index (χ1v) is 10.3. The zero-order valence-electron chi connectivity index (χ0n) is 16.6. The third kappa shape index (κ3) is 3.83. The van der Waals surface area contributed by atoms with Gasteiger partial charge in [-0.1, -0.05) is 23.7 Å². The number of pyridine rings is 1. The maximum Gasteiger partial charge on any atom is 0.153 e. The summed E-state index contributed by atoms with van der Waals surface area (Å²) in [6.07, 6.45) is 6.32. The van der Waals surface area contributed by atoms with Crippen LogP contribution in [-0.4, -0.2) is 37.8 Å². The molecule has 0 spiro atoms. The fourth-order valence-electron chi connectivity index (χ4n) is 3.57. The molecule has 1 aliphatic heterocycles. The number of nitrogens with one attached hydrogen (secondary N) is 1. The van der Waals surface area contributed by atoms with Crippen molar-refractivity contribution in [3.8, 4) is 11.4 Å². The number of halogens is 1. The van der Waals surface area contributed by atoms with Gasteiger partial charge in [-0.2, -0.15) is 5.10 Å². The second-order valence-electron chi connectivity index (χ2n) is 7.14. The van der Waals surface area contributed by atoms with E-state index in [1.807, 2.05) is 30.3 Å². The van der Waals surface area contributed by atoms with E-state index in [0.29, 0.717) is 34.2 Å². The van der Waals surface area contributed by atoms with E-state index in [2.05, 4.69) is 26.3 Å². The standard InChI is InChI=1S/C22H20ClN7O/c23-17-10-16(6-7-18(17)31-12-15-5-1-2-9-26-15)30-21-20(27-13-28-22(21)24)19(29-30)14-4-3-8-25-11-14/h1-2,4-7,9-10,13,25H,3,8,11-12H2,(H2,24,27,28). The third-order valence-corrected chi connectivity index (χ3v) is 5.38. The molecule has 0 fully saturated rings. The van der Waals surface area contributed by atoms with Gasteiger partial charge in [-0.3, -0.25) is 4.98 Å². The number of nitrogens with two attached hydrogens (primary N) is 1. The number of fused-ring (bicyclic) bond motifs is 1. The molecule has 5 rings (SSSR count). The zero-order valence-corrected chi connectivity index (χ0v) is 17.4. The summed E-state index contributed by atoms with van der Waals surface area (Å²) in [5.41, 5.74) is 11.0. The number of nitrogen functional groups attached to an aromatic ring is 1. The molecule has 1 aromatic carbocycles. The number of nitrogens with zero attached hydrogens (tertiary/aromatic N) is 5. The average Bonchev–Trinajstić information content (AvgIpc) is 3.21. The summed E-state index contributed by atoms with van der Waals surface area (Å²) in [6, 6.07) is 11.2. The fraction of sp³-hybridized carbons (Fsp3) is 0.182. The van der Waals surface area contributed by atoms with Crippen LogP contribution >= 0.6 is 11.6 Å². The molecule has 3 N–H and O–H groups in total. The van der Waals surface area contributed by atoms with E-state index in [9.17, 15) is 0 Å². The van der Waals surface area contributed by atoms with Gasteiger partial charge in [0.05, 0.1) is 16.4 Å². The highest BCUT2D eigenvalue weighted by molar-refractivity contribution is 6.32. The summed E-state index contributed by atoms with van der Waals surface area (Å²) in [4.78, 5) is 12.9. The molecule has 1 aliphatic rings. The third-order valence-electron chi connectivity index (χ3n) is 5.08. The largest absolute Gasteiger partial charge is 0.486 e. The van der Waals surface area contributed by atoms with E-state index in [1.165, 1.54) is 6.33 Å². The molecule has 0 unspecified atom stereocenters. The summed E-state index contributed by atoms with van der Waals surface area (Å²) < 4.78 is 7.57. The van der Waals surface area contributed by atoms with E-state index >= 15 is 0 Å². The van der Waals surface area contributed by atoms with E-state index < -0.39 is 0 Å². The van der Waals surface area contributed by atoms with Crippen LogP contribution in [-0.2, 0) is 6.61 Å². The van der Waals surface area contributed by atoms with Gasteiger partial charge in [-0.15, -0.1) is 0 Å². The van der Waals surface area contributed by atoms with E-state index in [0.717, 1.165) is 42.2 Å². The summed E-state index contributed by atoms with van der Waals surface area (Å²) in [6.45, 7) is 2.02. The number of rotatable bonds is 5. The molecule has 0 saturated carbocycles. The molecule has 0 bridgehead atoms. The fourth-order valence-corrected chi connectivity index (χ4v) is 3.80. The molecule has 4 aromatic rings. The minimum atomic E-state index is 0.330. The topological polar surface area (TPSA) is 104 Å². The van der Waals surface area contributed by atoms with E-state index in [-0.39, 0.29) is 0 Å². The lowest BCUT2D eigenvalue weighted by atomic mass is 10.1. The SMILES string of the molecule is Nc1ncnc2c(C3=CCCNC3)nn(-c3ccc(OCc4ccccn4)c(Cl)c3)c12. The van der Waals surface area contributed by atoms with Gasteiger partial charge in [0.2, 0.25) is 0 Å². The van der Waals surface area contributed by atoms with Crippen LogP contribution in [0.4, 0.5) is 5.82 Å². The summed E-state index contributed by atoms with van der Waals surface area (Å²) >= 11 is 6.52. The van der Waals surface area contributed by atoms with E-state index in [1.54, 1.807) is 16.9 Å². The number of benzene rings is 1. The lowest BCUT2D eigenvalue weighted by molar-refractivity contribution is 0.301. The van der Waals surface area contributed by atoms with Gasteiger partial charge in [0.25, 0.3) is 0 Å². The van der Waals surface area contributed by atoms with Crippen LogP contribution in [0.15, 0.2) is 55.0 Å². The van der Waals surface area contributed by atoms with Gasteiger partial charge in [0.1, 0.15) is 35.4 Å². The molecule has 0 aliphatic carbocycles. The number of ether oxygens (including phenoxy) is 1. The van der Waals surface area contributed by atoms with Crippen LogP contribution in [0.3, 0.4) is 0 Å². The van der Waals surface area contributed by atoms with Gasteiger partial charge in [-0.25, -0.2) is 14.6 Å². The minimum Gasteiger partial charge on any atom is -0.486 e. The van der Waals surface area contributed by atoms with Gasteiger partial charge in [0, 0.05) is 12.7 Å². The summed E-state index contributed by atoms with van der Waals surface area (Å²) in [7, 11) is 0. The molecule has 0 amide bonds. The predicted octanol–water partition coefficient (Wildman–Crippen LogP) is 3.40. The van der Waals surface area contributed by atoms with Crippen molar-refractivity contribution in [3.63, 3.8) is 0 Å². The first kappa shape index (κ1) is 19.5. The summed E-state index contributed by atoms with van der Waals surface area (Å²) in [5.74, 6) is 0.927. The van der Waals surface area contributed by atoms with Crippen molar-refractivity contribution in [2.24, 2.45) is 0 Å². The van der Waals surface area contributed by atoms with Crippen LogP contribution < -0.4 is 15.8 Å². The highest BCUT2D eigenvalue weighted by Crippen LogP contribution is 2.32. The Kier molecular flexibility index (Phi) is 5.23. The number of hydrogen-bond donors (Lipinski definition) is 2. The molecular formula is C22H20ClN7O. The van der Waals surface area contributed by atoms with Crippen LogP contribution in [0.25, 0.3) is 22.3 Å². The molecule has 0 radical (unpaired) electrons. The van der Waals surface area contributed by atoms with Crippen molar-refractivity contribution in [3.05, 3.63) is 71.4 Å². The van der Waals surface area contributed by atoms with Crippen LogP contribution in [0.2, 0.25) is 5.02 Å². The van der Waals surface area contributed by atoms with Crippen molar-refractivity contribution in [1.29, 1.82) is 0 Å². The Bertz CT molecular complexity index is 1270. The maximum atomic E-state index is 6.52. The molecule has 0 atom stereocenters. The maximum absolute atomic E-state index is 6.52. The Balaban J connectivity index is 1.52. The predicted molar refractivity (Wildman–Crippen MR) is 120 cm³/mol. The molecule has 31 heavy (non-hydrogen) atoms. The van der Waals surface area contributed by atoms with Crippen molar-refractivity contribution in [2.75, 3.05) is 18.8 Å². The zero-order chi connectivity index (χ0) is 21.2. The van der Waals surface area contributed by atoms with Gasteiger partial charge >= 0.3 is 0 Å². The molecular weight excluding hydrogens is 414 g/mol. The molecule has 156 valence electrons. The molecule has 0 saturated heterocycles. The monoisotopic (exact) mass is 433 g/mol. The van der Waals surface area contributed by atoms with Crippen LogP contribution in [0.1, 0.15) is 17.8 Å². The Hall–Kier alpha value is -3.49. The lowest BCUT2D eigenvalue weighted by Gasteiger charge is -2.12. The quantitative estimate of drug-likeness (QED) is 0.497. The van der Waals surface area contributed by atoms with Gasteiger partial charge in [0.15, 0.2) is 5.82 Å². The number of anilines is 1. The highest BCUT2D eigenvalue weighted by atomic mass is 35.5. The molecule has 8 nitrogen and oxygen atoms in total. The molecule has 3 aromatic heterocycles. The Morgan fingerprint density at radius 2 is 2.10 bits per heavy atom. The minimum absolute atomic E-state index is 0.330. The Morgan fingerprint density at radius 1 is 1.16 bits per heavy atom. The first-order chi connectivity index (χ1) is 15.2. The smallest absolute Gasteiger partial charge is 0.153 e. The van der Waals surface area contributed by atoms with Crippen LogP contribution in [0.5, 0.6) is 5.75 Å².